The van der Waals surface area contributed by atoms with E-state index >= 15 is 0 Å². The number of aliphatic hydroxyl groups is 1. The summed E-state index contributed by atoms with van der Waals surface area (Å²) in [4.78, 5) is 4.21. The Morgan fingerprint density at radius 3 is 3.07 bits per heavy atom. The van der Waals surface area contributed by atoms with E-state index in [1.165, 1.54) is 0 Å². The van der Waals surface area contributed by atoms with E-state index in [2.05, 4.69) is 26.2 Å². The summed E-state index contributed by atoms with van der Waals surface area (Å²) in [5.41, 5.74) is 0. The normalized spacial score (nSPS) is 12.5. The van der Waals surface area contributed by atoms with Gasteiger partial charge in [-0.15, -0.1) is 0 Å². The van der Waals surface area contributed by atoms with Gasteiger partial charge in [0.25, 0.3) is 0 Å². The molecular weight excluding hydrogens is 260 g/mol. The second kappa shape index (κ2) is 6.76. The highest BCUT2D eigenvalue weighted by Gasteiger charge is 2.02. The van der Waals surface area contributed by atoms with Gasteiger partial charge < -0.3 is 15.2 Å². The fourth-order valence-corrected chi connectivity index (χ4v) is 1.49. The maximum Gasteiger partial charge on any atom is 0.127 e. The number of ether oxygens (including phenoxy) is 1. The number of nitrogens with zero attached hydrogens (tertiary/aromatic N) is 1. The van der Waals surface area contributed by atoms with Crippen molar-refractivity contribution in [3.05, 3.63) is 22.8 Å². The van der Waals surface area contributed by atoms with Crippen molar-refractivity contribution in [1.82, 2.24) is 4.98 Å². The van der Waals surface area contributed by atoms with Crippen LogP contribution in [0.25, 0.3) is 0 Å². The second-order valence-corrected chi connectivity index (χ2v) is 3.98. The van der Waals surface area contributed by atoms with Crippen molar-refractivity contribution in [1.29, 1.82) is 0 Å². The highest BCUT2D eigenvalue weighted by Crippen LogP contribution is 2.09. The Kier molecular flexibility index (Phi) is 5.60. The Morgan fingerprint density at radius 1 is 1.60 bits per heavy atom. The van der Waals surface area contributed by atoms with Crippen LogP contribution >= 0.6 is 15.9 Å². The van der Waals surface area contributed by atoms with E-state index in [9.17, 15) is 5.11 Å². The Labute approximate surface area is 97.8 Å². The molecule has 0 fully saturated rings. The molecule has 0 saturated heterocycles. The number of rotatable bonds is 6. The predicted octanol–water partition coefficient (Wildman–Crippen LogP) is 1.65. The fourth-order valence-electron chi connectivity index (χ4n) is 1.15. The van der Waals surface area contributed by atoms with Crippen LogP contribution in [0, 0.1) is 0 Å². The van der Waals surface area contributed by atoms with Gasteiger partial charge in [-0.05, 0) is 34.5 Å². The summed E-state index contributed by atoms with van der Waals surface area (Å²) >= 11 is 3.29. The molecule has 1 aromatic heterocycles. The lowest BCUT2D eigenvalue weighted by Gasteiger charge is -2.10. The Hall–Kier alpha value is -0.650. The highest BCUT2D eigenvalue weighted by atomic mass is 79.9. The second-order valence-electron chi connectivity index (χ2n) is 3.17. The zero-order valence-corrected chi connectivity index (χ0v) is 10.2. The molecule has 0 saturated carbocycles. The quantitative estimate of drug-likeness (QED) is 0.775. The van der Waals surface area contributed by atoms with E-state index < -0.39 is 6.10 Å². The maximum atomic E-state index is 9.39. The summed E-state index contributed by atoms with van der Waals surface area (Å²) in [6.07, 6.45) is 0.219. The minimum atomic E-state index is -0.422. The van der Waals surface area contributed by atoms with Gasteiger partial charge in [0.2, 0.25) is 0 Å². The molecule has 0 aliphatic carbocycles. The first-order valence-corrected chi connectivity index (χ1v) is 5.55. The van der Waals surface area contributed by atoms with Gasteiger partial charge in [-0.1, -0.05) is 6.07 Å². The van der Waals surface area contributed by atoms with Gasteiger partial charge in [-0.3, -0.25) is 0 Å². The van der Waals surface area contributed by atoms with Crippen molar-refractivity contribution < 1.29 is 9.84 Å². The maximum absolute atomic E-state index is 9.39. The molecule has 0 spiro atoms. The number of aliphatic hydroxyl groups excluding tert-OH is 1. The minimum absolute atomic E-state index is 0.369. The zero-order valence-electron chi connectivity index (χ0n) is 8.61. The number of hydrogen-bond donors (Lipinski definition) is 2. The molecule has 0 bridgehead atoms. The molecule has 1 atom stereocenters. The van der Waals surface area contributed by atoms with Crippen molar-refractivity contribution in [2.45, 2.75) is 12.5 Å². The fraction of sp³-hybridized carbons (Fsp3) is 0.500. The Balaban J connectivity index is 2.25. The molecule has 0 aliphatic heterocycles. The lowest BCUT2D eigenvalue weighted by molar-refractivity contribution is 0.0615. The van der Waals surface area contributed by atoms with Crippen molar-refractivity contribution >= 4 is 21.7 Å². The molecule has 0 radical (unpaired) electrons. The summed E-state index contributed by atoms with van der Waals surface area (Å²) in [5.74, 6) is 0.800. The van der Waals surface area contributed by atoms with Crippen LogP contribution in [0.5, 0.6) is 0 Å². The van der Waals surface area contributed by atoms with Crippen LogP contribution < -0.4 is 5.32 Å². The van der Waals surface area contributed by atoms with E-state index in [0.29, 0.717) is 19.6 Å². The topological polar surface area (TPSA) is 54.4 Å². The average molecular weight is 275 g/mol. The lowest BCUT2D eigenvalue weighted by Crippen LogP contribution is -2.18. The third-order valence-electron chi connectivity index (χ3n) is 1.86. The largest absolute Gasteiger partial charge is 0.391 e. The number of pyridine rings is 1. The third kappa shape index (κ3) is 5.11. The number of nitrogens with one attached hydrogen (secondary N) is 1. The predicted molar refractivity (Wildman–Crippen MR) is 62.9 cm³/mol. The van der Waals surface area contributed by atoms with Gasteiger partial charge in [0.15, 0.2) is 0 Å². The van der Waals surface area contributed by atoms with Crippen molar-refractivity contribution in [3.8, 4) is 0 Å². The zero-order chi connectivity index (χ0) is 11.1. The van der Waals surface area contributed by atoms with E-state index in [1.807, 2.05) is 18.2 Å². The van der Waals surface area contributed by atoms with Crippen molar-refractivity contribution in [2.75, 3.05) is 25.6 Å². The third-order valence-corrected chi connectivity index (χ3v) is 2.30. The molecule has 5 heteroatoms. The number of halogens is 1. The molecule has 1 unspecified atom stereocenters. The van der Waals surface area contributed by atoms with Crippen LogP contribution in [0.2, 0.25) is 0 Å². The minimum Gasteiger partial charge on any atom is -0.391 e. The number of aromatic nitrogens is 1. The van der Waals surface area contributed by atoms with Crippen LogP contribution in [-0.2, 0) is 4.74 Å². The summed E-state index contributed by atoms with van der Waals surface area (Å²) < 4.78 is 5.62. The molecule has 0 amide bonds. The smallest absolute Gasteiger partial charge is 0.127 e. The van der Waals surface area contributed by atoms with Crippen molar-refractivity contribution in [3.63, 3.8) is 0 Å². The van der Waals surface area contributed by atoms with Gasteiger partial charge in [-0.2, -0.15) is 0 Å². The summed E-state index contributed by atoms with van der Waals surface area (Å²) in [6.45, 7) is 1.04. The van der Waals surface area contributed by atoms with E-state index in [0.717, 1.165) is 10.4 Å². The Bertz CT molecular complexity index is 297. The lowest BCUT2D eigenvalue weighted by atomic mass is 10.2. The molecule has 2 N–H and O–H groups in total. The molecular formula is C10H15BrN2O2. The summed E-state index contributed by atoms with van der Waals surface area (Å²) in [5, 5.41) is 12.5. The molecule has 0 aromatic carbocycles. The first-order valence-electron chi connectivity index (χ1n) is 4.76. The summed E-state index contributed by atoms with van der Waals surface area (Å²) in [7, 11) is 1.58. The first-order chi connectivity index (χ1) is 7.22. The molecule has 1 rings (SSSR count). The van der Waals surface area contributed by atoms with Crippen LogP contribution in [0.4, 0.5) is 5.82 Å². The standard InChI is InChI=1S/C10H15BrN2O2/c1-15-7-8(14)5-6-12-10-4-2-3-9(11)13-10/h2-4,8,14H,5-7H2,1H3,(H,12,13). The van der Waals surface area contributed by atoms with E-state index in [4.69, 9.17) is 4.74 Å². The number of anilines is 1. The van der Waals surface area contributed by atoms with Crippen LogP contribution in [0.3, 0.4) is 0 Å². The van der Waals surface area contributed by atoms with Gasteiger partial charge in [0.1, 0.15) is 10.4 Å². The van der Waals surface area contributed by atoms with Gasteiger partial charge >= 0.3 is 0 Å². The SMILES string of the molecule is COCC(O)CCNc1cccc(Br)n1. The number of methoxy groups -OCH3 is 1. The van der Waals surface area contributed by atoms with E-state index in [-0.39, 0.29) is 0 Å². The monoisotopic (exact) mass is 274 g/mol. The molecule has 1 aromatic rings. The molecule has 1 heterocycles. The van der Waals surface area contributed by atoms with Crippen LogP contribution in [0.15, 0.2) is 22.8 Å². The molecule has 84 valence electrons. The van der Waals surface area contributed by atoms with Gasteiger partial charge in [-0.25, -0.2) is 4.98 Å². The molecule has 0 aliphatic rings. The summed E-state index contributed by atoms with van der Waals surface area (Å²) in [6, 6.07) is 5.66. The number of hydrogen-bond acceptors (Lipinski definition) is 4. The van der Waals surface area contributed by atoms with Crippen LogP contribution in [-0.4, -0.2) is 36.5 Å². The van der Waals surface area contributed by atoms with Crippen molar-refractivity contribution in [2.24, 2.45) is 0 Å². The van der Waals surface area contributed by atoms with Crippen LogP contribution in [0.1, 0.15) is 6.42 Å². The average Bonchev–Trinajstić information content (AvgIpc) is 2.18. The molecule has 15 heavy (non-hydrogen) atoms. The van der Waals surface area contributed by atoms with Gasteiger partial charge in [0, 0.05) is 13.7 Å². The van der Waals surface area contributed by atoms with Gasteiger partial charge in [0.05, 0.1) is 12.7 Å². The molecule has 4 nitrogen and oxygen atoms in total. The first kappa shape index (κ1) is 12.4. The van der Waals surface area contributed by atoms with E-state index in [1.54, 1.807) is 7.11 Å². The highest BCUT2D eigenvalue weighted by molar-refractivity contribution is 9.10. The Morgan fingerprint density at radius 2 is 2.40 bits per heavy atom.